The van der Waals surface area contributed by atoms with Crippen molar-refractivity contribution in [1.29, 1.82) is 0 Å². The number of nitrogens with two attached hydrogens (primary N) is 4. The van der Waals surface area contributed by atoms with Crippen LogP contribution in [0.3, 0.4) is 0 Å². The third-order valence-electron chi connectivity index (χ3n) is 19.1. The van der Waals surface area contributed by atoms with Crippen molar-refractivity contribution in [1.82, 2.24) is 89.9 Å². The molecule has 0 aliphatic carbocycles. The Kier molecular flexibility index (Phi) is 41.1. The van der Waals surface area contributed by atoms with Gasteiger partial charge in [-0.15, -0.1) is 0 Å². The quantitative estimate of drug-likeness (QED) is 0.110. The lowest BCUT2D eigenvalue weighted by atomic mass is 9.87. The summed E-state index contributed by atoms with van der Waals surface area (Å²) in [6.45, 7) is 78.3. The molecule has 27 nitrogen and oxygen atoms in total. The number of H-pyrrole nitrogens is 1. The molecule has 9 N–H and O–H groups in total. The van der Waals surface area contributed by atoms with Crippen LogP contribution in [0.1, 0.15) is 287 Å². The van der Waals surface area contributed by atoms with Gasteiger partial charge in [-0.25, -0.2) is 39.9 Å². The summed E-state index contributed by atoms with van der Waals surface area (Å²) in [6.07, 6.45) is 20.6. The van der Waals surface area contributed by atoms with Gasteiger partial charge >= 0.3 is 0 Å². The van der Waals surface area contributed by atoms with Crippen LogP contribution >= 0.6 is 39.1 Å². The van der Waals surface area contributed by atoms with Gasteiger partial charge < -0.3 is 46.9 Å². The number of methoxy groups -OCH3 is 1. The molecule has 0 saturated carbocycles. The van der Waals surface area contributed by atoms with E-state index < -0.39 is 0 Å². The van der Waals surface area contributed by atoms with Crippen LogP contribution in [-0.2, 0) is 63.6 Å². The number of hydrogen-bond donors (Lipinski definition) is 5. The minimum absolute atomic E-state index is 0.0225. The summed E-state index contributed by atoms with van der Waals surface area (Å²) in [6, 6.07) is 13.5. The van der Waals surface area contributed by atoms with Crippen LogP contribution in [0.15, 0.2) is 121 Å². The normalized spacial score (nSPS) is 13.2. The predicted molar refractivity (Wildman–Crippen MR) is 533 cm³/mol. The number of nitrogens with one attached hydrogen (secondary N) is 1. The molecule has 0 bridgehead atoms. The average molecular weight is 1860 g/mol. The van der Waals surface area contributed by atoms with Gasteiger partial charge in [-0.2, -0.15) is 5.10 Å². The second-order valence-electron chi connectivity index (χ2n) is 41.4. The first-order chi connectivity index (χ1) is 58.9. The predicted octanol–water partition coefficient (Wildman–Crippen LogP) is 21.4. The van der Waals surface area contributed by atoms with E-state index in [4.69, 9.17) is 60.3 Å². The summed E-state index contributed by atoms with van der Waals surface area (Å²) in [5.41, 5.74) is 38.9. The number of nitrogens with zero attached hydrogens (tertiary/aromatic N) is 19. The molecule has 11 aromatic heterocycles. The average Bonchev–Trinajstić information content (AvgIpc) is 1.63. The van der Waals surface area contributed by atoms with E-state index in [1.54, 1.807) is 75.3 Å². The zero-order valence-corrected chi connectivity index (χ0v) is 86.4. The molecule has 128 heavy (non-hydrogen) atoms. The molecular weight excluding hydrogens is 1710 g/mol. The molecule has 0 unspecified atom stereocenters. The van der Waals surface area contributed by atoms with Crippen LogP contribution < -0.4 is 37.5 Å². The summed E-state index contributed by atoms with van der Waals surface area (Å²) in [7, 11) is 1.60. The Bertz CT molecular complexity index is 5110. The zero-order valence-electron chi connectivity index (χ0n) is 83.3. The van der Waals surface area contributed by atoms with Crippen molar-refractivity contribution in [3.8, 4) is 5.88 Å². The number of rotatable bonds is 3. The third kappa shape index (κ3) is 36.6. The van der Waals surface area contributed by atoms with Crippen molar-refractivity contribution >= 4 is 84.8 Å². The number of aryl methyl sites for hydroxylation is 4. The number of anilines is 6. The topological polar surface area (TPSA) is 373 Å². The smallest absolute Gasteiger partial charge is 0.232 e. The molecule has 2 aliphatic rings. The maximum absolute atomic E-state index is 5.84. The Labute approximate surface area is 783 Å². The highest BCUT2D eigenvalue weighted by Crippen LogP contribution is 2.35. The Hall–Kier alpha value is -9.87. The largest absolute Gasteiger partial charge is 0.480 e. The minimum atomic E-state index is -0.0247. The van der Waals surface area contributed by atoms with Gasteiger partial charge in [0.1, 0.15) is 33.0 Å². The third-order valence-corrected chi connectivity index (χ3v) is 20.2. The van der Waals surface area contributed by atoms with Gasteiger partial charge in [0.25, 0.3) is 0 Å². The lowest BCUT2D eigenvalue weighted by molar-refractivity contribution is 0.122. The van der Waals surface area contributed by atoms with Gasteiger partial charge in [0.15, 0.2) is 11.0 Å². The molecule has 13 rings (SSSR count). The minimum Gasteiger partial charge on any atom is -0.480 e. The fourth-order valence-corrected chi connectivity index (χ4v) is 13.9. The highest BCUT2D eigenvalue weighted by molar-refractivity contribution is 9.10. The van der Waals surface area contributed by atoms with Crippen LogP contribution in [0, 0.1) is 27.7 Å². The van der Waals surface area contributed by atoms with E-state index in [1.165, 1.54) is 5.56 Å². The number of aromatic amines is 1. The Balaban J connectivity index is 0.000000299. The fraction of sp³-hybridized carbons (Fsp3) is 0.541. The van der Waals surface area contributed by atoms with Gasteiger partial charge in [0.05, 0.1) is 143 Å². The van der Waals surface area contributed by atoms with Crippen LogP contribution in [0.4, 0.5) is 34.8 Å². The zero-order chi connectivity index (χ0) is 97.1. The molecule has 2 aliphatic heterocycles. The molecule has 11 aromatic rings. The van der Waals surface area contributed by atoms with E-state index in [-0.39, 0.29) is 54.1 Å². The van der Waals surface area contributed by atoms with Gasteiger partial charge in [-0.05, 0) is 102 Å². The summed E-state index contributed by atoms with van der Waals surface area (Å²) in [5.74, 6) is 4.33. The van der Waals surface area contributed by atoms with Gasteiger partial charge in [-0.1, -0.05) is 237 Å². The van der Waals surface area contributed by atoms with E-state index >= 15 is 0 Å². The maximum Gasteiger partial charge on any atom is 0.232 e. The number of pyridine rings is 4. The molecule has 13 heterocycles. The SMILES string of the molecule is CC(C)(C)c1cccnc1N.CC(C)(C)c1ccnc(N)c1.CC(C)(C)c1nccc2n[nH]c(Br)c12.CC(C)(C)c1ncccc1N.CC(C)(C)c1nccnc1Cl.CC(C)(C)c1nccnc1N1CCOCC1.COc1cnc(C(C)(C)C)c(C)n1.Cc1cnc(N)c(C(C)(C)C)n1.Cc1nc(Cl)cnc1C(C)(C)C.Cc1nc(N2CCOCC2)cnc1C(C)(C)C. The van der Waals surface area contributed by atoms with Crippen LogP contribution in [0.5, 0.6) is 5.88 Å². The lowest BCUT2D eigenvalue weighted by Crippen LogP contribution is -2.38. The molecule has 2 fully saturated rings. The molecule has 0 spiro atoms. The summed E-state index contributed by atoms with van der Waals surface area (Å²) < 4.78 is 16.6. The van der Waals surface area contributed by atoms with E-state index in [1.807, 2.05) is 76.4 Å². The second-order valence-corrected chi connectivity index (χ2v) is 43.0. The first kappa shape index (κ1) is 110. The molecule has 700 valence electrons. The fourth-order valence-electron chi connectivity index (χ4n) is 12.9. The van der Waals surface area contributed by atoms with E-state index in [9.17, 15) is 0 Å². The number of nitrogen functional groups attached to an aromatic ring is 4. The highest BCUT2D eigenvalue weighted by atomic mass is 79.9. The number of hydrogen-bond acceptors (Lipinski definition) is 26. The van der Waals surface area contributed by atoms with Crippen LogP contribution in [-0.4, -0.2) is 150 Å². The van der Waals surface area contributed by atoms with E-state index in [0.717, 1.165) is 159 Å². The lowest BCUT2D eigenvalue weighted by Gasteiger charge is -2.31. The van der Waals surface area contributed by atoms with Crippen molar-refractivity contribution in [3.63, 3.8) is 0 Å². The van der Waals surface area contributed by atoms with Crippen LogP contribution in [0.2, 0.25) is 10.3 Å². The number of fused-ring (bicyclic) bond motifs is 1. The molecule has 2 saturated heterocycles. The Morgan fingerprint density at radius 2 is 0.836 bits per heavy atom. The van der Waals surface area contributed by atoms with Gasteiger partial charge in [0.2, 0.25) is 5.88 Å². The summed E-state index contributed by atoms with van der Waals surface area (Å²) in [5, 5.41) is 9.14. The molecule has 0 amide bonds. The first-order valence-corrected chi connectivity index (χ1v) is 44.8. The maximum atomic E-state index is 5.84. The number of ether oxygens (including phenoxy) is 3. The molecule has 0 radical (unpaired) electrons. The van der Waals surface area contributed by atoms with Gasteiger partial charge in [-0.3, -0.25) is 45.0 Å². The van der Waals surface area contributed by atoms with Crippen molar-refractivity contribution in [2.45, 2.75) is 290 Å². The van der Waals surface area contributed by atoms with Crippen molar-refractivity contribution in [3.05, 3.63) is 211 Å². The second kappa shape index (κ2) is 47.6. The monoisotopic (exact) mass is 1860 g/mol. The van der Waals surface area contributed by atoms with Crippen LogP contribution in [0.25, 0.3) is 10.9 Å². The summed E-state index contributed by atoms with van der Waals surface area (Å²) in [4.78, 5) is 72.8. The van der Waals surface area contributed by atoms with Crippen molar-refractivity contribution in [2.24, 2.45) is 0 Å². The highest BCUT2D eigenvalue weighted by Gasteiger charge is 2.29. The van der Waals surface area contributed by atoms with E-state index in [0.29, 0.717) is 33.6 Å². The number of aromatic nitrogens is 18. The standard InChI is InChI=1S/C13H21N3O.C12H19N3O.C10H12BrN3.C10H16N2O.C9H13ClN2.C9H15N3.3C9H14N2.C8H11ClN2/c1-10-12(13(2,3)4)14-9-11(15-10)16-5-7-17-8-6-16;1-12(2,3)10-11(14-5-4-13-10)15-6-8-16-9-7-15;1-10(2,3)8-7-6(4-5-12-8)13-14-9(7)11;1-7-9(10(2,3)4)11-6-8(12-7)13-5;1-6-8(9(2,3)4)11-5-7(10)12-6;1-6-5-11-8(10)7(12-6)9(2,3)4;1-9(2,3)7-4-5-11-8(10)6-7;1-9(2,3)8-7(10)5-4-6-11-8;1-9(2,3)7-5-4-6-11-8(7)10;1-8(2,3)6-7(9)11-5-4-10-6/h9H,5-8H2,1-4H3;4-5H,6-9H2,1-3H3;4-5H,1-3H3,(H,13,14);6H,1-5H3;5H,1-4H3;5H,1-4H3,(H2,10,11);4-6H,1-3H3,(H2,10,11);4-6H,10H2,1-3H3;4-6H,1-3H3,(H2,10,11);4-5H,1-3H3. The van der Waals surface area contributed by atoms with Crippen molar-refractivity contribution in [2.75, 3.05) is 92.5 Å². The molecule has 0 atom stereocenters. The summed E-state index contributed by atoms with van der Waals surface area (Å²) >= 11 is 15.0. The first-order valence-electron chi connectivity index (χ1n) is 43.3. The molecule has 30 heteroatoms. The number of morpholine rings is 2. The molecule has 0 aromatic carbocycles. The molecular formula is C98H149BrCl2N24O3. The van der Waals surface area contributed by atoms with Crippen molar-refractivity contribution < 1.29 is 14.2 Å². The van der Waals surface area contributed by atoms with E-state index in [2.05, 4.69) is 323 Å². The Morgan fingerprint density at radius 3 is 1.26 bits per heavy atom. The number of halogens is 3. The van der Waals surface area contributed by atoms with Gasteiger partial charge in [0, 0.05) is 119 Å². The Morgan fingerprint density at radius 1 is 0.391 bits per heavy atom.